The predicted octanol–water partition coefficient (Wildman–Crippen LogP) is 3.72. The molecule has 6 nitrogen and oxygen atoms in total. The van der Waals surface area contributed by atoms with Crippen molar-refractivity contribution in [1.29, 1.82) is 0 Å². The highest BCUT2D eigenvalue weighted by Gasteiger charge is 2.23. The van der Waals surface area contributed by atoms with Gasteiger partial charge in [-0.15, -0.1) is 0 Å². The maximum atomic E-state index is 12.9. The van der Waals surface area contributed by atoms with Crippen LogP contribution in [0.4, 0.5) is 10.1 Å². The highest BCUT2D eigenvalue weighted by Crippen LogP contribution is 2.28. The van der Waals surface area contributed by atoms with E-state index in [0.717, 1.165) is 25.7 Å². The van der Waals surface area contributed by atoms with Crippen LogP contribution in [0.25, 0.3) is 0 Å². The molecule has 1 saturated carbocycles. The molecule has 9 heteroatoms. The largest absolute Gasteiger partial charge is 0.482 e. The average molecular weight is 427 g/mol. The van der Waals surface area contributed by atoms with E-state index < -0.39 is 21.7 Å². The number of halogens is 2. The Bertz CT molecular complexity index is 945. The summed E-state index contributed by atoms with van der Waals surface area (Å²) in [7, 11) is -3.66. The van der Waals surface area contributed by atoms with E-state index in [4.69, 9.17) is 16.3 Å². The van der Waals surface area contributed by atoms with Crippen molar-refractivity contribution in [3.63, 3.8) is 0 Å². The zero-order valence-electron chi connectivity index (χ0n) is 15.0. The van der Waals surface area contributed by atoms with E-state index in [1.807, 2.05) is 0 Å². The van der Waals surface area contributed by atoms with E-state index in [1.165, 1.54) is 42.5 Å². The Morgan fingerprint density at radius 2 is 1.82 bits per heavy atom. The van der Waals surface area contributed by atoms with E-state index in [1.54, 1.807) is 0 Å². The number of carbonyl (C=O) groups is 1. The summed E-state index contributed by atoms with van der Waals surface area (Å²) < 4.78 is 45.8. The molecule has 3 rings (SSSR count). The lowest BCUT2D eigenvalue weighted by Gasteiger charge is -2.14. The molecule has 150 valence electrons. The van der Waals surface area contributed by atoms with Crippen molar-refractivity contribution in [3.8, 4) is 5.75 Å². The molecule has 0 saturated heterocycles. The van der Waals surface area contributed by atoms with Gasteiger partial charge in [0.1, 0.15) is 11.6 Å². The van der Waals surface area contributed by atoms with Crippen molar-refractivity contribution in [2.75, 3.05) is 11.9 Å². The molecule has 0 bridgehead atoms. The molecule has 0 aliphatic heterocycles. The van der Waals surface area contributed by atoms with Gasteiger partial charge in [-0.2, -0.15) is 0 Å². The van der Waals surface area contributed by atoms with Crippen LogP contribution in [0.3, 0.4) is 0 Å². The third-order valence-electron chi connectivity index (χ3n) is 4.38. The molecule has 0 radical (unpaired) electrons. The summed E-state index contributed by atoms with van der Waals surface area (Å²) >= 11 is 6.12. The number of anilines is 1. The lowest BCUT2D eigenvalue weighted by Crippen LogP contribution is -2.32. The highest BCUT2D eigenvalue weighted by molar-refractivity contribution is 7.89. The zero-order valence-corrected chi connectivity index (χ0v) is 16.5. The van der Waals surface area contributed by atoms with Crippen LogP contribution >= 0.6 is 11.6 Å². The maximum absolute atomic E-state index is 12.9. The SMILES string of the molecule is O=C(COc1ccc(S(=O)(=O)NC2CCCC2)cc1Cl)Nc1ccc(F)cc1. The van der Waals surface area contributed by atoms with Crippen LogP contribution < -0.4 is 14.8 Å². The van der Waals surface area contributed by atoms with Gasteiger partial charge < -0.3 is 10.1 Å². The van der Waals surface area contributed by atoms with Crippen molar-refractivity contribution in [2.45, 2.75) is 36.6 Å². The maximum Gasteiger partial charge on any atom is 0.262 e. The molecule has 0 spiro atoms. The van der Waals surface area contributed by atoms with Gasteiger partial charge in [-0.1, -0.05) is 24.4 Å². The third kappa shape index (κ3) is 5.43. The molecule has 1 amide bonds. The second kappa shape index (κ2) is 8.89. The molecule has 1 aliphatic carbocycles. The summed E-state index contributed by atoms with van der Waals surface area (Å²) in [5.74, 6) is -0.670. The lowest BCUT2D eigenvalue weighted by atomic mass is 10.3. The van der Waals surface area contributed by atoms with E-state index in [-0.39, 0.29) is 28.3 Å². The Kier molecular flexibility index (Phi) is 6.53. The molecule has 0 aromatic heterocycles. The van der Waals surface area contributed by atoms with Crippen LogP contribution in [0.5, 0.6) is 5.75 Å². The van der Waals surface area contributed by atoms with Gasteiger partial charge in [0.25, 0.3) is 5.91 Å². The van der Waals surface area contributed by atoms with Gasteiger partial charge in [-0.3, -0.25) is 4.79 Å². The van der Waals surface area contributed by atoms with Gasteiger partial charge in [0.05, 0.1) is 9.92 Å². The van der Waals surface area contributed by atoms with E-state index >= 15 is 0 Å². The second-order valence-corrected chi connectivity index (χ2v) is 8.66. The number of benzene rings is 2. The number of rotatable bonds is 7. The van der Waals surface area contributed by atoms with Crippen LogP contribution in [0.15, 0.2) is 47.4 Å². The van der Waals surface area contributed by atoms with Crippen molar-refractivity contribution >= 4 is 33.2 Å². The van der Waals surface area contributed by atoms with Gasteiger partial charge in [0.2, 0.25) is 10.0 Å². The van der Waals surface area contributed by atoms with Crippen LogP contribution in [-0.2, 0) is 14.8 Å². The van der Waals surface area contributed by atoms with Crippen molar-refractivity contribution in [2.24, 2.45) is 0 Å². The number of sulfonamides is 1. The summed E-state index contributed by atoms with van der Waals surface area (Å²) in [6.45, 7) is -0.330. The Balaban J connectivity index is 1.59. The summed E-state index contributed by atoms with van der Waals surface area (Å²) in [4.78, 5) is 12.0. The Morgan fingerprint density at radius 1 is 1.14 bits per heavy atom. The number of hydrogen-bond acceptors (Lipinski definition) is 4. The van der Waals surface area contributed by atoms with Crippen molar-refractivity contribution < 1.29 is 22.3 Å². The van der Waals surface area contributed by atoms with Gasteiger partial charge >= 0.3 is 0 Å². The minimum atomic E-state index is -3.66. The van der Waals surface area contributed by atoms with E-state index in [0.29, 0.717) is 5.69 Å². The number of ether oxygens (including phenoxy) is 1. The van der Waals surface area contributed by atoms with Gasteiger partial charge in [0.15, 0.2) is 6.61 Å². The topological polar surface area (TPSA) is 84.5 Å². The predicted molar refractivity (Wildman–Crippen MR) is 105 cm³/mol. The fourth-order valence-corrected chi connectivity index (χ4v) is 4.60. The molecular formula is C19H20ClFN2O4S. The molecule has 0 atom stereocenters. The minimum Gasteiger partial charge on any atom is -0.482 e. The van der Waals surface area contributed by atoms with E-state index in [2.05, 4.69) is 10.0 Å². The van der Waals surface area contributed by atoms with E-state index in [9.17, 15) is 17.6 Å². The molecule has 2 aromatic rings. The molecule has 2 aromatic carbocycles. The molecule has 28 heavy (non-hydrogen) atoms. The zero-order chi connectivity index (χ0) is 20.1. The number of nitrogens with one attached hydrogen (secondary N) is 2. The summed E-state index contributed by atoms with van der Waals surface area (Å²) in [5.41, 5.74) is 0.431. The molecular weight excluding hydrogens is 407 g/mol. The number of amides is 1. The molecule has 1 aliphatic rings. The first-order valence-electron chi connectivity index (χ1n) is 8.83. The first-order chi connectivity index (χ1) is 13.3. The molecule has 0 heterocycles. The van der Waals surface area contributed by atoms with Gasteiger partial charge in [-0.25, -0.2) is 17.5 Å². The van der Waals surface area contributed by atoms with Crippen LogP contribution in [0.1, 0.15) is 25.7 Å². The highest BCUT2D eigenvalue weighted by atomic mass is 35.5. The van der Waals surface area contributed by atoms with Gasteiger partial charge in [0, 0.05) is 11.7 Å². The lowest BCUT2D eigenvalue weighted by molar-refractivity contribution is -0.118. The minimum absolute atomic E-state index is 0.0464. The fraction of sp³-hybridized carbons (Fsp3) is 0.316. The first kappa shape index (κ1) is 20.6. The van der Waals surface area contributed by atoms with Crippen molar-refractivity contribution in [1.82, 2.24) is 4.72 Å². The second-order valence-electron chi connectivity index (χ2n) is 6.54. The third-order valence-corrected chi connectivity index (χ3v) is 6.19. The smallest absolute Gasteiger partial charge is 0.262 e. The summed E-state index contributed by atoms with van der Waals surface area (Å²) in [6.07, 6.45) is 3.69. The fourth-order valence-electron chi connectivity index (χ4n) is 2.97. The molecule has 2 N–H and O–H groups in total. The van der Waals surface area contributed by atoms with Crippen molar-refractivity contribution in [3.05, 3.63) is 53.3 Å². The first-order valence-corrected chi connectivity index (χ1v) is 10.7. The number of hydrogen-bond donors (Lipinski definition) is 2. The summed E-state index contributed by atoms with van der Waals surface area (Å²) in [6, 6.07) is 9.36. The standard InChI is InChI=1S/C19H20ClFN2O4S/c20-17-11-16(28(25,26)23-15-3-1-2-4-15)9-10-18(17)27-12-19(24)22-14-7-5-13(21)6-8-14/h5-11,15,23H,1-4,12H2,(H,22,24). The molecule has 1 fully saturated rings. The monoisotopic (exact) mass is 426 g/mol. The average Bonchev–Trinajstić information content (AvgIpc) is 3.15. The van der Waals surface area contributed by atoms with Gasteiger partial charge in [-0.05, 0) is 55.3 Å². The Labute approximate surface area is 168 Å². The van der Waals surface area contributed by atoms with Crippen LogP contribution in [-0.4, -0.2) is 27.0 Å². The number of carbonyl (C=O) groups excluding carboxylic acids is 1. The van der Waals surface area contributed by atoms with Crippen LogP contribution in [0.2, 0.25) is 5.02 Å². The summed E-state index contributed by atoms with van der Waals surface area (Å²) in [5, 5.41) is 2.64. The Hall–Kier alpha value is -2.16. The quantitative estimate of drug-likeness (QED) is 0.706. The van der Waals surface area contributed by atoms with Crippen LogP contribution in [0, 0.1) is 5.82 Å². The molecule has 0 unspecified atom stereocenters. The Morgan fingerprint density at radius 3 is 2.46 bits per heavy atom. The normalized spacial score (nSPS) is 14.8.